The fourth-order valence-corrected chi connectivity index (χ4v) is 13.2. The molecule has 2 heterocycles. The molecule has 2 spiro atoms. The Morgan fingerprint density at radius 2 is 0.708 bits per heavy atom. The number of anilines is 3. The van der Waals surface area contributed by atoms with Crippen molar-refractivity contribution in [1.82, 2.24) is 0 Å². The van der Waals surface area contributed by atoms with Crippen LogP contribution in [0.4, 0.5) is 17.1 Å². The zero-order chi connectivity index (χ0) is 42.7. The Morgan fingerprint density at radius 3 is 1.25 bits per heavy atom. The van der Waals surface area contributed by atoms with Gasteiger partial charge in [-0.2, -0.15) is 0 Å². The topological polar surface area (TPSA) is 12.5 Å². The fourth-order valence-electron chi connectivity index (χ4n) is 12.0. The minimum atomic E-state index is -0.599. The molecule has 0 saturated carbocycles. The van der Waals surface area contributed by atoms with Crippen molar-refractivity contribution in [1.29, 1.82) is 0 Å². The van der Waals surface area contributed by atoms with Crippen LogP contribution >= 0.6 is 11.8 Å². The average molecular weight is 846 g/mol. The van der Waals surface area contributed by atoms with Crippen molar-refractivity contribution in [3.63, 3.8) is 0 Å². The largest absolute Gasteiger partial charge is 0.457 e. The molecule has 2 aliphatic heterocycles. The number of hydrogen-bond acceptors (Lipinski definition) is 3. The maximum absolute atomic E-state index is 6.73. The van der Waals surface area contributed by atoms with Crippen LogP contribution in [0.1, 0.15) is 44.5 Å². The van der Waals surface area contributed by atoms with Crippen LogP contribution in [0.3, 0.4) is 0 Å². The van der Waals surface area contributed by atoms with Crippen LogP contribution in [0.2, 0.25) is 0 Å². The third kappa shape index (κ3) is 4.86. The van der Waals surface area contributed by atoms with Gasteiger partial charge in [0.15, 0.2) is 0 Å². The van der Waals surface area contributed by atoms with Crippen LogP contribution in [0, 0.1) is 0 Å². The molecule has 0 radical (unpaired) electrons. The van der Waals surface area contributed by atoms with Crippen molar-refractivity contribution in [3.05, 3.63) is 281 Å². The summed E-state index contributed by atoms with van der Waals surface area (Å²) in [5.41, 5.74) is 19.7. The highest BCUT2D eigenvalue weighted by atomic mass is 32.2. The molecule has 10 aromatic carbocycles. The second-order valence-corrected chi connectivity index (χ2v) is 18.5. The van der Waals surface area contributed by atoms with Crippen molar-refractivity contribution in [2.45, 2.75) is 20.6 Å². The van der Waals surface area contributed by atoms with Crippen LogP contribution < -0.4 is 9.64 Å². The first-order chi connectivity index (χ1) is 32.3. The molecule has 0 N–H and O–H groups in total. The van der Waals surface area contributed by atoms with Crippen LogP contribution in [0.25, 0.3) is 33.4 Å². The van der Waals surface area contributed by atoms with Crippen molar-refractivity contribution >= 4 is 28.8 Å². The molecule has 0 bridgehead atoms. The summed E-state index contributed by atoms with van der Waals surface area (Å²) in [7, 11) is 0. The van der Waals surface area contributed by atoms with Gasteiger partial charge in [-0.05, 0) is 104 Å². The highest BCUT2D eigenvalue weighted by molar-refractivity contribution is 7.99. The Bertz CT molecular complexity index is 3290. The predicted octanol–water partition coefficient (Wildman–Crippen LogP) is 16.1. The number of fused-ring (bicyclic) bond motifs is 18. The number of nitrogens with zero attached hydrogens (tertiary/aromatic N) is 1. The number of ether oxygens (including phenoxy) is 1. The molecule has 3 heteroatoms. The van der Waals surface area contributed by atoms with Crippen molar-refractivity contribution in [2.24, 2.45) is 0 Å². The molecule has 0 atom stereocenters. The Balaban J connectivity index is 1.09. The summed E-state index contributed by atoms with van der Waals surface area (Å²) in [5, 5.41) is 0. The smallest absolute Gasteiger partial charge is 0.132 e. The van der Waals surface area contributed by atoms with Gasteiger partial charge >= 0.3 is 0 Å². The first kappa shape index (κ1) is 36.6. The minimum Gasteiger partial charge on any atom is -0.457 e. The summed E-state index contributed by atoms with van der Waals surface area (Å²) < 4.78 is 6.73. The maximum atomic E-state index is 6.73. The summed E-state index contributed by atoms with van der Waals surface area (Å²) in [6.45, 7) is 0. The normalized spacial score (nSPS) is 14.5. The van der Waals surface area contributed by atoms with Gasteiger partial charge in [0.2, 0.25) is 0 Å². The van der Waals surface area contributed by atoms with Gasteiger partial charge in [0.05, 0.1) is 22.2 Å². The van der Waals surface area contributed by atoms with Gasteiger partial charge in [0.25, 0.3) is 0 Å². The van der Waals surface area contributed by atoms with E-state index in [1.54, 1.807) is 0 Å². The lowest BCUT2D eigenvalue weighted by Crippen LogP contribution is -2.32. The van der Waals surface area contributed by atoms with E-state index >= 15 is 0 Å². The molecule has 65 heavy (non-hydrogen) atoms. The summed E-state index contributed by atoms with van der Waals surface area (Å²) in [4.78, 5) is 5.16. The lowest BCUT2D eigenvalue weighted by Gasteiger charge is -2.40. The standard InChI is InChI=1S/C62H39NOS/c1-2-18-40(19-3-1)41-36-38-42(39-37-41)63(53-30-16-28-51-59(53)43-20-4-6-22-45(43)61(51)47-24-8-12-32-55(47)64-56-33-13-9-25-48(56)61)54-31-17-29-52-60(54)44-21-5-7-23-46(44)62(52)49-26-10-14-34-57(49)65-58-35-15-11-27-50(58)62/h1-39H. The van der Waals surface area contributed by atoms with Crippen molar-refractivity contribution < 1.29 is 4.74 Å². The quantitative estimate of drug-likeness (QED) is 0.175. The van der Waals surface area contributed by atoms with E-state index in [1.165, 1.54) is 76.6 Å². The van der Waals surface area contributed by atoms with Gasteiger partial charge in [-0.3, -0.25) is 0 Å². The zero-order valence-corrected chi connectivity index (χ0v) is 36.1. The molecule has 0 saturated heterocycles. The molecule has 0 fully saturated rings. The summed E-state index contributed by atoms with van der Waals surface area (Å²) >= 11 is 1.88. The molecule has 304 valence electrons. The number of hydrogen-bond donors (Lipinski definition) is 0. The highest BCUT2D eigenvalue weighted by Crippen LogP contribution is 2.67. The third-order valence-corrected chi connectivity index (χ3v) is 15.6. The lowest BCUT2D eigenvalue weighted by molar-refractivity contribution is 0.436. The van der Waals surface area contributed by atoms with Crippen LogP contribution in [-0.2, 0) is 10.8 Å². The average Bonchev–Trinajstić information content (AvgIpc) is 3.84. The molecular formula is C62H39NOS. The maximum Gasteiger partial charge on any atom is 0.132 e. The van der Waals surface area contributed by atoms with Crippen LogP contribution in [0.5, 0.6) is 11.5 Å². The van der Waals surface area contributed by atoms with Gasteiger partial charge in [0.1, 0.15) is 11.5 Å². The van der Waals surface area contributed by atoms with Gasteiger partial charge in [-0.15, -0.1) is 0 Å². The van der Waals surface area contributed by atoms with Crippen LogP contribution in [0.15, 0.2) is 246 Å². The molecule has 0 aromatic heterocycles. The third-order valence-electron chi connectivity index (χ3n) is 14.4. The first-order valence-corrected chi connectivity index (χ1v) is 23.2. The van der Waals surface area contributed by atoms with E-state index in [9.17, 15) is 0 Å². The van der Waals surface area contributed by atoms with Gasteiger partial charge in [-0.1, -0.05) is 200 Å². The second kappa shape index (κ2) is 13.8. The summed E-state index contributed by atoms with van der Waals surface area (Å²) in [5.74, 6) is 1.78. The monoisotopic (exact) mass is 845 g/mol. The van der Waals surface area contributed by atoms with Gasteiger partial charge < -0.3 is 9.64 Å². The zero-order valence-electron chi connectivity index (χ0n) is 35.3. The Hall–Kier alpha value is -7.85. The molecular weight excluding hydrogens is 807 g/mol. The Kier molecular flexibility index (Phi) is 7.79. The molecule has 2 nitrogen and oxygen atoms in total. The number of rotatable bonds is 4. The van der Waals surface area contributed by atoms with Crippen molar-refractivity contribution in [2.75, 3.05) is 4.90 Å². The van der Waals surface area contributed by atoms with Gasteiger partial charge in [0, 0.05) is 37.7 Å². The molecule has 0 amide bonds. The SMILES string of the molecule is c1ccc(-c2ccc(N(c3cccc4c3-c3ccccc3C43c4ccccc4Oc4ccccc43)c3cccc4c3-c3ccccc3C43c4ccccc4Sc4ccccc43)cc2)cc1. The number of benzene rings is 10. The minimum absolute atomic E-state index is 0.506. The van der Waals surface area contributed by atoms with E-state index in [0.29, 0.717) is 0 Å². The van der Waals surface area contributed by atoms with Crippen molar-refractivity contribution in [3.8, 4) is 44.9 Å². The molecule has 2 aliphatic carbocycles. The number of para-hydroxylation sites is 2. The first-order valence-electron chi connectivity index (χ1n) is 22.4. The van der Waals surface area contributed by atoms with E-state index in [2.05, 4.69) is 241 Å². The summed E-state index contributed by atoms with van der Waals surface area (Å²) in [6, 6.07) is 87.5. The predicted molar refractivity (Wildman–Crippen MR) is 265 cm³/mol. The van der Waals surface area contributed by atoms with E-state index in [1.807, 2.05) is 11.8 Å². The summed E-state index contributed by atoms with van der Waals surface area (Å²) in [6.07, 6.45) is 0. The molecule has 4 aliphatic rings. The molecule has 0 unspecified atom stereocenters. The molecule has 10 aromatic rings. The fraction of sp³-hybridized carbons (Fsp3) is 0.0323. The highest BCUT2D eigenvalue weighted by Gasteiger charge is 2.53. The van der Waals surface area contributed by atoms with E-state index in [0.717, 1.165) is 39.7 Å². The van der Waals surface area contributed by atoms with Crippen LogP contribution in [-0.4, -0.2) is 0 Å². The lowest BCUT2D eigenvalue weighted by atomic mass is 9.66. The van der Waals surface area contributed by atoms with E-state index < -0.39 is 10.8 Å². The van der Waals surface area contributed by atoms with E-state index in [-0.39, 0.29) is 0 Å². The Morgan fingerprint density at radius 1 is 0.308 bits per heavy atom. The van der Waals surface area contributed by atoms with E-state index in [4.69, 9.17) is 4.74 Å². The molecule has 14 rings (SSSR count). The Labute approximate surface area is 383 Å². The second-order valence-electron chi connectivity index (χ2n) is 17.4. The van der Waals surface area contributed by atoms with Gasteiger partial charge in [-0.25, -0.2) is 0 Å².